The third kappa shape index (κ3) is 8.14. The standard InChI is InChI=1S/C23H28N4O2S/c1-3-27(4-2)17-16-24-22(29)19-11-13-20(14-12-19)25-23(30)26-21(28)15-10-18-8-6-5-7-9-18/h5-15H,3-4,16-17H2,1-2H3,(H,24,29)(H2,25,26,28,30)/b15-10+. The Morgan fingerprint density at radius 2 is 1.67 bits per heavy atom. The Balaban J connectivity index is 1.79. The lowest BCUT2D eigenvalue weighted by molar-refractivity contribution is -0.115. The molecule has 0 aliphatic carbocycles. The summed E-state index contributed by atoms with van der Waals surface area (Å²) in [6.45, 7) is 7.56. The summed E-state index contributed by atoms with van der Waals surface area (Å²) < 4.78 is 0. The molecule has 3 N–H and O–H groups in total. The lowest BCUT2D eigenvalue weighted by atomic mass is 10.2. The van der Waals surface area contributed by atoms with Gasteiger partial charge < -0.3 is 15.5 Å². The fourth-order valence-electron chi connectivity index (χ4n) is 2.73. The van der Waals surface area contributed by atoms with Gasteiger partial charge in [-0.15, -0.1) is 0 Å². The van der Waals surface area contributed by atoms with Gasteiger partial charge in [0, 0.05) is 30.4 Å². The number of hydrogen-bond donors (Lipinski definition) is 3. The van der Waals surface area contributed by atoms with Gasteiger partial charge in [-0.1, -0.05) is 44.2 Å². The molecule has 0 radical (unpaired) electrons. The minimum Gasteiger partial charge on any atom is -0.351 e. The highest BCUT2D eigenvalue weighted by atomic mass is 32.1. The molecule has 30 heavy (non-hydrogen) atoms. The zero-order valence-electron chi connectivity index (χ0n) is 17.4. The fraction of sp³-hybridized carbons (Fsp3) is 0.261. The summed E-state index contributed by atoms with van der Waals surface area (Å²) in [4.78, 5) is 26.4. The number of benzene rings is 2. The van der Waals surface area contributed by atoms with Crippen molar-refractivity contribution in [1.29, 1.82) is 0 Å². The molecule has 2 aromatic carbocycles. The lowest BCUT2D eigenvalue weighted by Gasteiger charge is -2.18. The van der Waals surface area contributed by atoms with Crippen LogP contribution >= 0.6 is 12.2 Å². The summed E-state index contributed by atoms with van der Waals surface area (Å²) in [5, 5.41) is 8.64. The number of hydrogen-bond acceptors (Lipinski definition) is 4. The monoisotopic (exact) mass is 424 g/mol. The molecule has 0 unspecified atom stereocenters. The van der Waals surface area contributed by atoms with Crippen LogP contribution in [-0.4, -0.2) is 48.0 Å². The maximum Gasteiger partial charge on any atom is 0.251 e. The van der Waals surface area contributed by atoms with Gasteiger partial charge in [0.1, 0.15) is 0 Å². The van der Waals surface area contributed by atoms with Crippen LogP contribution in [0.25, 0.3) is 6.08 Å². The molecule has 0 spiro atoms. The second-order valence-electron chi connectivity index (χ2n) is 6.55. The third-order valence-corrected chi connectivity index (χ3v) is 4.68. The number of carbonyl (C=O) groups is 2. The molecule has 0 fully saturated rings. The zero-order valence-corrected chi connectivity index (χ0v) is 18.2. The molecular formula is C23H28N4O2S. The van der Waals surface area contributed by atoms with Gasteiger partial charge in [0.25, 0.3) is 5.91 Å². The summed E-state index contributed by atoms with van der Waals surface area (Å²) in [5.74, 6) is -0.434. The van der Waals surface area contributed by atoms with Crippen LogP contribution in [0, 0.1) is 0 Å². The van der Waals surface area contributed by atoms with Crippen LogP contribution in [0.4, 0.5) is 5.69 Å². The van der Waals surface area contributed by atoms with Gasteiger partial charge in [-0.05, 0) is 61.2 Å². The smallest absolute Gasteiger partial charge is 0.251 e. The van der Waals surface area contributed by atoms with Gasteiger partial charge in [0.2, 0.25) is 5.91 Å². The fourth-order valence-corrected chi connectivity index (χ4v) is 2.94. The van der Waals surface area contributed by atoms with Crippen molar-refractivity contribution in [2.45, 2.75) is 13.8 Å². The molecule has 158 valence electrons. The topological polar surface area (TPSA) is 73.5 Å². The molecule has 2 amide bonds. The van der Waals surface area contributed by atoms with Gasteiger partial charge in [-0.25, -0.2) is 0 Å². The maximum absolute atomic E-state index is 12.2. The van der Waals surface area contributed by atoms with Crippen molar-refractivity contribution >= 4 is 40.9 Å². The third-order valence-electron chi connectivity index (χ3n) is 4.48. The predicted octanol–water partition coefficient (Wildman–Crippen LogP) is 3.28. The Hall–Kier alpha value is -3.03. The normalized spacial score (nSPS) is 10.8. The Labute approximate surface area is 183 Å². The second kappa shape index (κ2) is 12.5. The van der Waals surface area contributed by atoms with Gasteiger partial charge in [0.05, 0.1) is 0 Å². The molecule has 0 saturated heterocycles. The Morgan fingerprint density at radius 3 is 2.30 bits per heavy atom. The largest absolute Gasteiger partial charge is 0.351 e. The number of rotatable bonds is 9. The summed E-state index contributed by atoms with van der Waals surface area (Å²) in [7, 11) is 0. The summed E-state index contributed by atoms with van der Waals surface area (Å²) in [6, 6.07) is 16.5. The molecule has 2 rings (SSSR count). The van der Waals surface area contributed by atoms with E-state index < -0.39 is 0 Å². The van der Waals surface area contributed by atoms with E-state index in [-0.39, 0.29) is 16.9 Å². The SMILES string of the molecule is CCN(CC)CCNC(=O)c1ccc(NC(=S)NC(=O)/C=C/c2ccccc2)cc1. The second-order valence-corrected chi connectivity index (χ2v) is 6.96. The lowest BCUT2D eigenvalue weighted by Crippen LogP contribution is -2.34. The molecule has 0 heterocycles. The highest BCUT2D eigenvalue weighted by molar-refractivity contribution is 7.80. The number of carbonyl (C=O) groups excluding carboxylic acids is 2. The number of nitrogens with one attached hydrogen (secondary N) is 3. The van der Waals surface area contributed by atoms with Crippen molar-refractivity contribution in [3.05, 3.63) is 71.8 Å². The minimum absolute atomic E-state index is 0.115. The van der Waals surface area contributed by atoms with E-state index in [1.807, 2.05) is 30.3 Å². The van der Waals surface area contributed by atoms with Crippen molar-refractivity contribution in [3.63, 3.8) is 0 Å². The quantitative estimate of drug-likeness (QED) is 0.426. The van der Waals surface area contributed by atoms with E-state index in [0.717, 1.165) is 25.2 Å². The molecule has 0 atom stereocenters. The number of nitrogens with zero attached hydrogens (tertiary/aromatic N) is 1. The van der Waals surface area contributed by atoms with Gasteiger partial charge in [-0.3, -0.25) is 14.9 Å². The molecule has 0 aromatic heterocycles. The van der Waals surface area contributed by atoms with Crippen molar-refractivity contribution in [2.24, 2.45) is 0 Å². The van der Waals surface area contributed by atoms with Crippen LogP contribution in [0.15, 0.2) is 60.7 Å². The first-order chi connectivity index (χ1) is 14.5. The Bertz CT molecular complexity index is 863. The summed E-state index contributed by atoms with van der Waals surface area (Å²) >= 11 is 5.17. The highest BCUT2D eigenvalue weighted by Gasteiger charge is 2.07. The minimum atomic E-state index is -0.319. The van der Waals surface area contributed by atoms with Crippen LogP contribution in [0.1, 0.15) is 29.8 Å². The van der Waals surface area contributed by atoms with Crippen LogP contribution in [0.3, 0.4) is 0 Å². The van der Waals surface area contributed by atoms with Gasteiger partial charge >= 0.3 is 0 Å². The van der Waals surface area contributed by atoms with Crippen molar-refractivity contribution in [1.82, 2.24) is 15.5 Å². The van der Waals surface area contributed by atoms with E-state index in [9.17, 15) is 9.59 Å². The number of amides is 2. The Morgan fingerprint density at radius 1 is 1.00 bits per heavy atom. The summed E-state index contributed by atoms with van der Waals surface area (Å²) in [5.41, 5.74) is 2.19. The zero-order chi connectivity index (χ0) is 21.8. The average molecular weight is 425 g/mol. The van der Waals surface area contributed by atoms with Crippen LogP contribution in [-0.2, 0) is 4.79 Å². The van der Waals surface area contributed by atoms with Crippen molar-refractivity contribution < 1.29 is 9.59 Å². The van der Waals surface area contributed by atoms with Crippen LogP contribution in [0.5, 0.6) is 0 Å². The van der Waals surface area contributed by atoms with E-state index >= 15 is 0 Å². The first kappa shape index (κ1) is 23.3. The molecule has 2 aromatic rings. The van der Waals surface area contributed by atoms with Crippen molar-refractivity contribution in [2.75, 3.05) is 31.5 Å². The van der Waals surface area contributed by atoms with Crippen molar-refractivity contribution in [3.8, 4) is 0 Å². The van der Waals surface area contributed by atoms with E-state index in [2.05, 4.69) is 34.7 Å². The predicted molar refractivity (Wildman–Crippen MR) is 126 cm³/mol. The van der Waals surface area contributed by atoms with E-state index in [4.69, 9.17) is 12.2 Å². The molecule has 0 saturated carbocycles. The number of thiocarbonyl (C=S) groups is 1. The summed E-state index contributed by atoms with van der Waals surface area (Å²) in [6.07, 6.45) is 3.14. The van der Waals surface area contributed by atoms with Crippen LogP contribution < -0.4 is 16.0 Å². The van der Waals surface area contributed by atoms with E-state index in [0.29, 0.717) is 17.8 Å². The van der Waals surface area contributed by atoms with E-state index in [1.54, 1.807) is 30.3 Å². The molecular weight excluding hydrogens is 396 g/mol. The molecule has 0 bridgehead atoms. The average Bonchev–Trinajstić information content (AvgIpc) is 2.76. The highest BCUT2D eigenvalue weighted by Crippen LogP contribution is 2.09. The molecule has 7 heteroatoms. The maximum atomic E-state index is 12.2. The molecule has 0 aliphatic heterocycles. The Kier molecular flexibility index (Phi) is 9.70. The first-order valence-electron chi connectivity index (χ1n) is 9.97. The van der Waals surface area contributed by atoms with Gasteiger partial charge in [0.15, 0.2) is 5.11 Å². The van der Waals surface area contributed by atoms with E-state index in [1.165, 1.54) is 6.08 Å². The van der Waals surface area contributed by atoms with Crippen LogP contribution in [0.2, 0.25) is 0 Å². The van der Waals surface area contributed by atoms with Gasteiger partial charge in [-0.2, -0.15) is 0 Å². The molecule has 6 nitrogen and oxygen atoms in total. The molecule has 0 aliphatic rings. The number of anilines is 1. The first-order valence-corrected chi connectivity index (χ1v) is 10.4. The number of likely N-dealkylation sites (N-methyl/N-ethyl adjacent to an activating group) is 1.